The third kappa shape index (κ3) is 4.99. The average molecular weight is 473 g/mol. The van der Waals surface area contributed by atoms with E-state index in [2.05, 4.69) is 10.3 Å². The van der Waals surface area contributed by atoms with Crippen molar-refractivity contribution in [2.45, 2.75) is 13.3 Å². The van der Waals surface area contributed by atoms with E-state index in [1.807, 2.05) is 43.3 Å². The number of amides is 1. The molecule has 1 aromatic heterocycles. The van der Waals surface area contributed by atoms with E-state index in [1.165, 1.54) is 0 Å². The van der Waals surface area contributed by atoms with E-state index < -0.39 is 0 Å². The minimum Gasteiger partial charge on any atom is -0.493 e. The monoisotopic (exact) mass is 472 g/mol. The van der Waals surface area contributed by atoms with Gasteiger partial charge in [-0.2, -0.15) is 0 Å². The number of nitrogens with zero attached hydrogens (tertiary/aromatic N) is 1. The van der Waals surface area contributed by atoms with Gasteiger partial charge in [0.25, 0.3) is 5.91 Å². The normalized spacial score (nSPS) is 10.7. The predicted octanol–water partition coefficient (Wildman–Crippen LogP) is 5.42. The van der Waals surface area contributed by atoms with E-state index in [1.54, 1.807) is 52.8 Å². The smallest absolute Gasteiger partial charge is 0.255 e. The van der Waals surface area contributed by atoms with Gasteiger partial charge in [-0.1, -0.05) is 17.7 Å². The Morgan fingerprint density at radius 3 is 2.06 bits per heavy atom. The van der Waals surface area contributed by atoms with Gasteiger partial charge in [-0.3, -0.25) is 9.78 Å². The van der Waals surface area contributed by atoms with Crippen LogP contribution in [0.4, 0.5) is 5.69 Å². The predicted molar refractivity (Wildman–Crippen MR) is 136 cm³/mol. The lowest BCUT2D eigenvalue weighted by molar-refractivity contribution is 0.102. The summed E-state index contributed by atoms with van der Waals surface area (Å²) < 4.78 is 22.0. The zero-order valence-corrected chi connectivity index (χ0v) is 20.5. The molecule has 0 atom stereocenters. The van der Waals surface area contributed by atoms with Crippen molar-refractivity contribution in [3.63, 3.8) is 0 Å². The second-order valence-corrected chi connectivity index (χ2v) is 8.05. The van der Waals surface area contributed by atoms with Crippen LogP contribution in [-0.4, -0.2) is 39.3 Å². The fraction of sp³-hybridized carbons (Fsp3) is 0.214. The highest BCUT2D eigenvalue weighted by atomic mass is 16.5. The van der Waals surface area contributed by atoms with E-state index in [9.17, 15) is 4.79 Å². The van der Waals surface area contributed by atoms with Gasteiger partial charge in [0.2, 0.25) is 0 Å². The Kier molecular flexibility index (Phi) is 7.06. The molecule has 1 heterocycles. The standard InChI is InChI=1S/C28H28N2O5/c1-17-6-8-18(9-7-17)28(31)30-22-16-27(35-5)25(33-3)14-20(22)12-23-21-15-26(34-4)24(32-2)13-19(21)10-11-29-23/h6-11,13-16H,12H2,1-5H3,(H,30,31). The molecule has 0 bridgehead atoms. The molecule has 0 spiro atoms. The van der Waals surface area contributed by atoms with Gasteiger partial charge in [-0.25, -0.2) is 0 Å². The number of rotatable bonds is 8. The maximum atomic E-state index is 13.0. The topological polar surface area (TPSA) is 78.9 Å². The van der Waals surface area contributed by atoms with Crippen molar-refractivity contribution in [2.24, 2.45) is 0 Å². The number of carbonyl (C=O) groups is 1. The molecule has 1 amide bonds. The van der Waals surface area contributed by atoms with Crippen LogP contribution in [0, 0.1) is 6.92 Å². The van der Waals surface area contributed by atoms with Crippen LogP contribution in [-0.2, 0) is 6.42 Å². The number of methoxy groups -OCH3 is 4. The number of aryl methyl sites for hydroxylation is 1. The molecular weight excluding hydrogens is 444 g/mol. The van der Waals surface area contributed by atoms with Gasteiger partial charge in [0.15, 0.2) is 23.0 Å². The molecule has 0 saturated carbocycles. The van der Waals surface area contributed by atoms with Crippen LogP contribution >= 0.6 is 0 Å². The van der Waals surface area contributed by atoms with E-state index in [4.69, 9.17) is 18.9 Å². The Morgan fingerprint density at radius 1 is 0.800 bits per heavy atom. The maximum absolute atomic E-state index is 13.0. The summed E-state index contributed by atoms with van der Waals surface area (Å²) in [6, 6.07) is 16.8. The maximum Gasteiger partial charge on any atom is 0.255 e. The highest BCUT2D eigenvalue weighted by Gasteiger charge is 2.17. The third-order valence-electron chi connectivity index (χ3n) is 5.88. The van der Waals surface area contributed by atoms with E-state index in [0.717, 1.165) is 27.6 Å². The van der Waals surface area contributed by atoms with E-state index in [0.29, 0.717) is 40.7 Å². The summed E-state index contributed by atoms with van der Waals surface area (Å²) in [6.45, 7) is 1.98. The van der Waals surface area contributed by atoms with Crippen molar-refractivity contribution in [3.8, 4) is 23.0 Å². The number of nitrogens with one attached hydrogen (secondary N) is 1. The fourth-order valence-corrected chi connectivity index (χ4v) is 3.96. The van der Waals surface area contributed by atoms with Crippen LogP contribution in [0.15, 0.2) is 60.8 Å². The number of pyridine rings is 1. The van der Waals surface area contributed by atoms with Crippen LogP contribution in [0.5, 0.6) is 23.0 Å². The lowest BCUT2D eigenvalue weighted by atomic mass is 10.0. The molecule has 180 valence electrons. The molecule has 0 aliphatic rings. The summed E-state index contributed by atoms with van der Waals surface area (Å²) >= 11 is 0. The molecule has 3 aromatic carbocycles. The third-order valence-corrected chi connectivity index (χ3v) is 5.88. The SMILES string of the molecule is COc1cc(Cc2nccc3cc(OC)c(OC)cc23)c(NC(=O)c2ccc(C)cc2)cc1OC. The van der Waals surface area contributed by atoms with Crippen molar-refractivity contribution in [2.75, 3.05) is 33.8 Å². The zero-order chi connectivity index (χ0) is 24.9. The summed E-state index contributed by atoms with van der Waals surface area (Å²) in [5.74, 6) is 2.14. The van der Waals surface area contributed by atoms with Crippen LogP contribution in [0.3, 0.4) is 0 Å². The summed E-state index contributed by atoms with van der Waals surface area (Å²) in [7, 11) is 6.36. The van der Waals surface area contributed by atoms with Crippen molar-refractivity contribution in [1.82, 2.24) is 4.98 Å². The Bertz CT molecular complexity index is 1370. The Morgan fingerprint density at radius 2 is 1.40 bits per heavy atom. The van der Waals surface area contributed by atoms with Crippen LogP contribution < -0.4 is 24.3 Å². The van der Waals surface area contributed by atoms with Gasteiger partial charge in [0.1, 0.15) is 0 Å². The molecule has 0 aliphatic carbocycles. The molecule has 0 aliphatic heterocycles. The molecule has 1 N–H and O–H groups in total. The molecule has 4 aromatic rings. The number of aromatic nitrogens is 1. The van der Waals surface area contributed by atoms with Gasteiger partial charge in [-0.15, -0.1) is 0 Å². The number of benzene rings is 3. The Balaban J connectivity index is 1.78. The lowest BCUT2D eigenvalue weighted by Gasteiger charge is -2.17. The van der Waals surface area contributed by atoms with Gasteiger partial charge < -0.3 is 24.3 Å². The minimum absolute atomic E-state index is 0.212. The number of hydrogen-bond donors (Lipinski definition) is 1. The quantitative estimate of drug-likeness (QED) is 0.369. The minimum atomic E-state index is -0.212. The second-order valence-electron chi connectivity index (χ2n) is 8.05. The average Bonchev–Trinajstić information content (AvgIpc) is 2.88. The lowest BCUT2D eigenvalue weighted by Crippen LogP contribution is -2.14. The van der Waals surface area contributed by atoms with Gasteiger partial charge >= 0.3 is 0 Å². The highest BCUT2D eigenvalue weighted by Crippen LogP contribution is 2.37. The first-order valence-electron chi connectivity index (χ1n) is 11.1. The van der Waals surface area contributed by atoms with Gasteiger partial charge in [0, 0.05) is 35.3 Å². The summed E-state index contributed by atoms with van der Waals surface area (Å²) in [6.07, 6.45) is 2.20. The number of ether oxygens (including phenoxy) is 4. The first-order chi connectivity index (χ1) is 17.0. The largest absolute Gasteiger partial charge is 0.493 e. The van der Waals surface area contributed by atoms with Gasteiger partial charge in [0.05, 0.1) is 34.1 Å². The van der Waals surface area contributed by atoms with Crippen molar-refractivity contribution in [1.29, 1.82) is 0 Å². The van der Waals surface area contributed by atoms with Gasteiger partial charge in [-0.05, 0) is 54.3 Å². The van der Waals surface area contributed by atoms with Crippen molar-refractivity contribution in [3.05, 3.63) is 83.2 Å². The first-order valence-corrected chi connectivity index (χ1v) is 11.1. The molecule has 7 heteroatoms. The number of hydrogen-bond acceptors (Lipinski definition) is 6. The number of anilines is 1. The number of fused-ring (bicyclic) bond motifs is 1. The van der Waals surface area contributed by atoms with Crippen molar-refractivity contribution < 1.29 is 23.7 Å². The molecular formula is C28H28N2O5. The molecule has 0 unspecified atom stereocenters. The molecule has 0 fully saturated rings. The van der Waals surface area contributed by atoms with Crippen LogP contribution in [0.25, 0.3) is 10.8 Å². The first kappa shape index (κ1) is 23.9. The molecule has 7 nitrogen and oxygen atoms in total. The Labute approximate surface area is 204 Å². The zero-order valence-electron chi connectivity index (χ0n) is 20.5. The molecule has 0 saturated heterocycles. The summed E-state index contributed by atoms with van der Waals surface area (Å²) in [4.78, 5) is 17.7. The molecule has 4 rings (SSSR count). The Hall–Kier alpha value is -4.26. The molecule has 0 radical (unpaired) electrons. The summed E-state index contributed by atoms with van der Waals surface area (Å²) in [5.41, 5.74) is 3.92. The highest BCUT2D eigenvalue weighted by molar-refractivity contribution is 6.05. The fourth-order valence-electron chi connectivity index (χ4n) is 3.96. The summed E-state index contributed by atoms with van der Waals surface area (Å²) in [5, 5.41) is 4.93. The number of carbonyl (C=O) groups excluding carboxylic acids is 1. The molecule has 35 heavy (non-hydrogen) atoms. The second kappa shape index (κ2) is 10.3. The van der Waals surface area contributed by atoms with Crippen LogP contribution in [0.1, 0.15) is 27.2 Å². The van der Waals surface area contributed by atoms with Crippen LogP contribution in [0.2, 0.25) is 0 Å². The van der Waals surface area contributed by atoms with E-state index >= 15 is 0 Å². The van der Waals surface area contributed by atoms with E-state index in [-0.39, 0.29) is 5.91 Å². The van der Waals surface area contributed by atoms with Crippen molar-refractivity contribution >= 4 is 22.4 Å².